The maximum Gasteiger partial charge on any atom is 0.294 e. The molecule has 250 valence electrons. The molecule has 0 aromatic heterocycles. The molecule has 1 aliphatic rings. The van der Waals surface area contributed by atoms with Crippen LogP contribution in [0.5, 0.6) is 0 Å². The number of anilines is 1. The van der Waals surface area contributed by atoms with Gasteiger partial charge >= 0.3 is 0 Å². The number of aryl methyl sites for hydroxylation is 1. The van der Waals surface area contributed by atoms with Gasteiger partial charge in [-0.3, -0.25) is 14.1 Å². The van der Waals surface area contributed by atoms with Gasteiger partial charge in [0.15, 0.2) is 21.5 Å². The van der Waals surface area contributed by atoms with E-state index in [1.807, 2.05) is 6.92 Å². The van der Waals surface area contributed by atoms with Gasteiger partial charge in [-0.05, 0) is 80.1 Å². The number of nitrogens with zero attached hydrogens (tertiary/aromatic N) is 1. The van der Waals surface area contributed by atoms with Crippen LogP contribution in [0.15, 0.2) is 70.5 Å². The quantitative estimate of drug-likeness (QED) is 0.222. The van der Waals surface area contributed by atoms with Crippen molar-refractivity contribution in [2.75, 3.05) is 24.2 Å². The number of carbonyl (C=O) groups is 2. The zero-order valence-corrected chi connectivity index (χ0v) is 26.9. The number of halogens is 3. The lowest BCUT2D eigenvalue weighted by molar-refractivity contribution is -0.132. The first kappa shape index (κ1) is 36.7. The van der Waals surface area contributed by atoms with Gasteiger partial charge in [0, 0.05) is 44.2 Å². The van der Waals surface area contributed by atoms with E-state index in [1.165, 1.54) is 43.3 Å². The fraction of sp³-hybridized carbons (Fsp3) is 0.355. The summed E-state index contributed by atoms with van der Waals surface area (Å²) >= 11 is 0. The number of hydrogen-bond acceptors (Lipinski definition) is 7. The third-order valence-electron chi connectivity index (χ3n) is 7.48. The molecule has 3 aromatic rings. The van der Waals surface area contributed by atoms with Gasteiger partial charge in [0.25, 0.3) is 10.1 Å². The average Bonchev–Trinajstić information content (AvgIpc) is 2.99. The Morgan fingerprint density at radius 3 is 2.00 bits per heavy atom. The third kappa shape index (κ3) is 10.6. The highest BCUT2D eigenvalue weighted by Gasteiger charge is 2.28. The van der Waals surface area contributed by atoms with Crippen LogP contribution in [0.4, 0.5) is 18.9 Å². The number of hydrogen-bond donors (Lipinski definition) is 3. The van der Waals surface area contributed by atoms with E-state index in [9.17, 15) is 39.6 Å². The Morgan fingerprint density at radius 1 is 0.913 bits per heavy atom. The van der Waals surface area contributed by atoms with E-state index < -0.39 is 43.4 Å². The molecule has 0 unspecified atom stereocenters. The van der Waals surface area contributed by atoms with Crippen LogP contribution >= 0.6 is 0 Å². The van der Waals surface area contributed by atoms with Gasteiger partial charge in [0.1, 0.15) is 5.82 Å². The van der Waals surface area contributed by atoms with Crippen LogP contribution in [0.25, 0.3) is 0 Å². The van der Waals surface area contributed by atoms with Gasteiger partial charge in [-0.1, -0.05) is 17.7 Å². The second kappa shape index (κ2) is 15.7. The summed E-state index contributed by atoms with van der Waals surface area (Å²) in [5, 5.41) is 2.56. The maximum atomic E-state index is 13.9. The lowest BCUT2D eigenvalue weighted by Gasteiger charge is -2.35. The number of carbonyl (C=O) groups excluding carboxylic acids is 2. The molecule has 1 fully saturated rings. The molecular formula is C31H36F3N3O7S2. The van der Waals surface area contributed by atoms with Gasteiger partial charge in [0.05, 0.1) is 15.5 Å². The van der Waals surface area contributed by atoms with Crippen molar-refractivity contribution in [3.63, 3.8) is 0 Å². The predicted octanol–water partition coefficient (Wildman–Crippen LogP) is 4.28. The second-order valence-electron chi connectivity index (χ2n) is 11.0. The summed E-state index contributed by atoms with van der Waals surface area (Å²) in [7, 11) is -7.70. The minimum atomic E-state index is -4.02. The van der Waals surface area contributed by atoms with E-state index in [-0.39, 0.29) is 51.7 Å². The van der Waals surface area contributed by atoms with E-state index >= 15 is 0 Å². The molecule has 46 heavy (non-hydrogen) atoms. The van der Waals surface area contributed by atoms with Crippen molar-refractivity contribution in [2.45, 2.75) is 55.4 Å². The number of likely N-dealkylation sites (tertiary alicyclic amines) is 1. The molecule has 1 atom stereocenters. The Labute approximate surface area is 266 Å². The van der Waals surface area contributed by atoms with Crippen molar-refractivity contribution in [2.24, 2.45) is 11.7 Å². The van der Waals surface area contributed by atoms with Crippen molar-refractivity contribution in [1.29, 1.82) is 0 Å². The zero-order valence-electron chi connectivity index (χ0n) is 25.2. The molecule has 15 heteroatoms. The fourth-order valence-corrected chi connectivity index (χ4v) is 6.58. The molecule has 10 nitrogen and oxygen atoms in total. The smallest absolute Gasteiger partial charge is 0.294 e. The number of benzene rings is 3. The summed E-state index contributed by atoms with van der Waals surface area (Å²) in [6, 6.07) is 12.5. The molecule has 0 saturated carbocycles. The molecule has 0 radical (unpaired) electrons. The summed E-state index contributed by atoms with van der Waals surface area (Å²) in [5.41, 5.74) is 7.62. The summed E-state index contributed by atoms with van der Waals surface area (Å²) in [5.74, 6) is -4.19. The summed E-state index contributed by atoms with van der Waals surface area (Å²) in [6.07, 6.45) is 0.943. The van der Waals surface area contributed by atoms with Gasteiger partial charge in [-0.25, -0.2) is 21.6 Å². The highest BCUT2D eigenvalue weighted by atomic mass is 32.2. The molecule has 4 rings (SSSR count). The van der Waals surface area contributed by atoms with Gasteiger partial charge in [-0.2, -0.15) is 8.42 Å². The predicted molar refractivity (Wildman–Crippen MR) is 166 cm³/mol. The summed E-state index contributed by atoms with van der Waals surface area (Å²) in [4.78, 5) is 25.2. The third-order valence-corrected chi connectivity index (χ3v) is 10.1. The van der Waals surface area contributed by atoms with Crippen molar-refractivity contribution < 1.29 is 44.1 Å². The summed E-state index contributed by atoms with van der Waals surface area (Å²) < 4.78 is 95.2. The largest absolute Gasteiger partial charge is 0.343 e. The molecule has 4 N–H and O–H groups in total. The number of piperidine rings is 1. The monoisotopic (exact) mass is 683 g/mol. The molecule has 1 saturated heterocycles. The van der Waals surface area contributed by atoms with Crippen LogP contribution in [0.2, 0.25) is 0 Å². The summed E-state index contributed by atoms with van der Waals surface area (Å²) in [6.45, 7) is 3.94. The zero-order chi connectivity index (χ0) is 34.2. The molecule has 0 aliphatic carbocycles. The Hall–Kier alpha value is -3.79. The minimum Gasteiger partial charge on any atom is -0.343 e. The van der Waals surface area contributed by atoms with E-state index in [1.54, 1.807) is 17.0 Å². The standard InChI is InChI=1S/C24H28F3N3O4S.C7H8O3S/c1-15(31)29-18-2-4-19(5-3-18)35(33,34)11-8-24(32)30-9-6-16(7-10-30)23(28)13-17-12-21(26)22(27)14-20(17)25;1-6-2-4-7(5-3-6)11(8,9)10/h2-5,12,14,16,23H,6-11,13,28H2,1H3,(H,29,31);2-5H,1H3,(H,8,9,10)/t23-;/m1./s1. The molecule has 1 aliphatic heterocycles. The Balaban J connectivity index is 0.000000441. The van der Waals surface area contributed by atoms with Crippen molar-refractivity contribution in [3.05, 3.63) is 89.2 Å². The molecular weight excluding hydrogens is 647 g/mol. The van der Waals surface area contributed by atoms with E-state index in [2.05, 4.69) is 5.32 Å². The maximum absolute atomic E-state index is 13.9. The number of rotatable bonds is 9. The van der Waals surface area contributed by atoms with Crippen molar-refractivity contribution in [1.82, 2.24) is 4.90 Å². The first-order valence-electron chi connectivity index (χ1n) is 14.3. The van der Waals surface area contributed by atoms with Crippen LogP contribution < -0.4 is 11.1 Å². The van der Waals surface area contributed by atoms with Crippen LogP contribution in [-0.4, -0.2) is 63.0 Å². The van der Waals surface area contributed by atoms with Gasteiger partial charge in [-0.15, -0.1) is 0 Å². The van der Waals surface area contributed by atoms with E-state index in [4.69, 9.17) is 10.3 Å². The Bertz CT molecular complexity index is 1750. The lowest BCUT2D eigenvalue weighted by Crippen LogP contribution is -2.44. The van der Waals surface area contributed by atoms with Crippen LogP contribution in [-0.2, 0) is 36.0 Å². The average molecular weight is 684 g/mol. The number of nitrogens with two attached hydrogens (primary N) is 1. The van der Waals surface area contributed by atoms with E-state index in [0.29, 0.717) is 37.7 Å². The Kier molecular flexibility index (Phi) is 12.5. The van der Waals surface area contributed by atoms with Gasteiger partial charge in [0.2, 0.25) is 11.8 Å². The van der Waals surface area contributed by atoms with Crippen LogP contribution in [0.1, 0.15) is 37.3 Å². The van der Waals surface area contributed by atoms with Crippen molar-refractivity contribution >= 4 is 37.5 Å². The Morgan fingerprint density at radius 2 is 1.46 bits per heavy atom. The van der Waals surface area contributed by atoms with Crippen LogP contribution in [0.3, 0.4) is 0 Å². The first-order chi connectivity index (χ1) is 21.5. The second-order valence-corrected chi connectivity index (χ2v) is 14.5. The first-order valence-corrected chi connectivity index (χ1v) is 17.4. The lowest BCUT2D eigenvalue weighted by atomic mass is 9.86. The van der Waals surface area contributed by atoms with E-state index in [0.717, 1.165) is 11.6 Å². The SMILES string of the molecule is CC(=O)Nc1ccc(S(=O)(=O)CCC(=O)N2CCC([C@H](N)Cc3cc(F)c(F)cc3F)CC2)cc1.Cc1ccc(S(=O)(=O)O)cc1. The molecule has 0 spiro atoms. The van der Waals surface area contributed by atoms with Crippen molar-refractivity contribution in [3.8, 4) is 0 Å². The molecule has 0 bridgehead atoms. The minimum absolute atomic E-state index is 0.00483. The highest BCUT2D eigenvalue weighted by Crippen LogP contribution is 2.25. The number of sulfone groups is 1. The highest BCUT2D eigenvalue weighted by molar-refractivity contribution is 7.91. The fourth-order valence-electron chi connectivity index (χ4n) is 4.87. The number of amides is 2. The van der Waals surface area contributed by atoms with Crippen LogP contribution in [0, 0.1) is 30.3 Å². The topological polar surface area (TPSA) is 164 Å². The molecule has 2 amide bonds. The molecule has 1 heterocycles. The van der Waals surface area contributed by atoms with Gasteiger partial charge < -0.3 is 16.0 Å². The normalized spacial score (nSPS) is 14.6. The number of nitrogens with one attached hydrogen (secondary N) is 1. The molecule has 3 aromatic carbocycles.